The summed E-state index contributed by atoms with van der Waals surface area (Å²) in [6.45, 7) is 4.91. The first kappa shape index (κ1) is 12.1. The smallest absolute Gasteiger partial charge is 0.0435 e. The Morgan fingerprint density at radius 2 is 1.83 bits per heavy atom. The van der Waals surface area contributed by atoms with Crippen molar-refractivity contribution in [3.05, 3.63) is 30.1 Å². The lowest BCUT2D eigenvalue weighted by Crippen LogP contribution is -2.46. The van der Waals surface area contributed by atoms with Crippen LogP contribution in [-0.4, -0.2) is 42.1 Å². The van der Waals surface area contributed by atoms with Gasteiger partial charge in [0.25, 0.3) is 0 Å². The van der Waals surface area contributed by atoms with E-state index >= 15 is 0 Å². The van der Waals surface area contributed by atoms with Gasteiger partial charge in [0.05, 0.1) is 0 Å². The van der Waals surface area contributed by atoms with Crippen LogP contribution in [0.2, 0.25) is 0 Å². The third-order valence-electron chi connectivity index (χ3n) is 4.46. The summed E-state index contributed by atoms with van der Waals surface area (Å²) in [4.78, 5) is 7.22. The van der Waals surface area contributed by atoms with E-state index in [-0.39, 0.29) is 0 Å². The van der Waals surface area contributed by atoms with Crippen LogP contribution in [0.5, 0.6) is 0 Å². The average Bonchev–Trinajstić information content (AvgIpc) is 2.49. The van der Waals surface area contributed by atoms with Gasteiger partial charge in [-0.15, -0.1) is 0 Å². The van der Waals surface area contributed by atoms with Crippen LogP contribution in [0.1, 0.15) is 37.3 Å². The highest BCUT2D eigenvalue weighted by Gasteiger charge is 2.26. The fraction of sp³-hybridized carbons (Fsp3) is 0.667. The maximum Gasteiger partial charge on any atom is 0.0435 e. The second-order valence-corrected chi connectivity index (χ2v) is 5.55. The predicted octanol–water partition coefficient (Wildman–Crippen LogP) is 2.01. The fourth-order valence-corrected chi connectivity index (χ4v) is 3.35. The molecular weight excluding hydrogens is 222 g/mol. The van der Waals surface area contributed by atoms with Crippen molar-refractivity contribution in [2.24, 2.45) is 0 Å². The quantitative estimate of drug-likeness (QED) is 0.864. The number of hydrogen-bond donors (Lipinski definition) is 1. The monoisotopic (exact) mass is 245 g/mol. The summed E-state index contributed by atoms with van der Waals surface area (Å²) < 4.78 is 0. The lowest BCUT2D eigenvalue weighted by Gasteiger charge is -2.39. The number of hydrogen-bond acceptors (Lipinski definition) is 3. The molecule has 3 nitrogen and oxygen atoms in total. The molecule has 2 fully saturated rings. The standard InChI is InChI=1S/C15H23N3/c1-2-8-17-15(3-1)13-6-11-18(12-7-13)14-4-9-16-10-5-14/h1-3,8,13-14,16H,4-7,9-12H2. The molecule has 0 unspecified atom stereocenters. The molecular formula is C15H23N3. The van der Waals surface area contributed by atoms with Crippen LogP contribution in [0.25, 0.3) is 0 Å². The van der Waals surface area contributed by atoms with Crippen molar-refractivity contribution in [1.82, 2.24) is 15.2 Å². The third kappa shape index (κ3) is 2.73. The van der Waals surface area contributed by atoms with Gasteiger partial charge >= 0.3 is 0 Å². The van der Waals surface area contributed by atoms with E-state index in [9.17, 15) is 0 Å². The number of nitrogens with one attached hydrogen (secondary N) is 1. The average molecular weight is 245 g/mol. The molecule has 3 rings (SSSR count). The van der Waals surface area contributed by atoms with Crippen LogP contribution in [0.15, 0.2) is 24.4 Å². The summed E-state index contributed by atoms with van der Waals surface area (Å²) >= 11 is 0. The zero-order chi connectivity index (χ0) is 12.2. The van der Waals surface area contributed by atoms with Crippen molar-refractivity contribution < 1.29 is 0 Å². The maximum atomic E-state index is 4.51. The lowest BCUT2D eigenvalue weighted by molar-refractivity contribution is 0.126. The molecule has 1 N–H and O–H groups in total. The first-order chi connectivity index (χ1) is 8.93. The van der Waals surface area contributed by atoms with Gasteiger partial charge in [0.1, 0.15) is 0 Å². The van der Waals surface area contributed by atoms with Gasteiger partial charge in [-0.3, -0.25) is 4.98 Å². The molecule has 3 heteroatoms. The predicted molar refractivity (Wildman–Crippen MR) is 73.7 cm³/mol. The molecule has 0 saturated carbocycles. The molecule has 2 aliphatic rings. The lowest BCUT2D eigenvalue weighted by atomic mass is 9.91. The van der Waals surface area contributed by atoms with E-state index < -0.39 is 0 Å². The Morgan fingerprint density at radius 1 is 1.06 bits per heavy atom. The first-order valence-electron chi connectivity index (χ1n) is 7.29. The molecule has 1 aromatic heterocycles. The Balaban J connectivity index is 1.54. The van der Waals surface area contributed by atoms with Crippen molar-refractivity contribution >= 4 is 0 Å². The van der Waals surface area contributed by atoms with Gasteiger partial charge in [0, 0.05) is 23.9 Å². The van der Waals surface area contributed by atoms with E-state index in [0.29, 0.717) is 5.92 Å². The van der Waals surface area contributed by atoms with Gasteiger partial charge < -0.3 is 10.2 Å². The molecule has 0 aliphatic carbocycles. The number of nitrogens with zero attached hydrogens (tertiary/aromatic N) is 2. The molecule has 0 amide bonds. The molecule has 0 atom stereocenters. The van der Waals surface area contributed by atoms with Crippen molar-refractivity contribution in [3.8, 4) is 0 Å². The Labute approximate surface area is 110 Å². The van der Waals surface area contributed by atoms with Crippen LogP contribution in [-0.2, 0) is 0 Å². The van der Waals surface area contributed by atoms with E-state index in [2.05, 4.69) is 27.3 Å². The highest BCUT2D eigenvalue weighted by Crippen LogP contribution is 2.28. The number of pyridine rings is 1. The van der Waals surface area contributed by atoms with E-state index in [1.807, 2.05) is 12.3 Å². The van der Waals surface area contributed by atoms with Gasteiger partial charge in [-0.05, 0) is 64.0 Å². The minimum absolute atomic E-state index is 0.684. The van der Waals surface area contributed by atoms with Gasteiger partial charge in [-0.25, -0.2) is 0 Å². The summed E-state index contributed by atoms with van der Waals surface area (Å²) in [5.41, 5.74) is 1.29. The molecule has 0 spiro atoms. The SMILES string of the molecule is c1ccc(C2CCN(C3CCNCC3)CC2)nc1. The fourth-order valence-electron chi connectivity index (χ4n) is 3.35. The first-order valence-corrected chi connectivity index (χ1v) is 7.29. The number of aromatic nitrogens is 1. The zero-order valence-corrected chi connectivity index (χ0v) is 11.0. The summed E-state index contributed by atoms with van der Waals surface area (Å²) in [5, 5.41) is 3.45. The Kier molecular flexibility index (Phi) is 3.91. The van der Waals surface area contributed by atoms with Crippen molar-refractivity contribution in [2.45, 2.75) is 37.6 Å². The Morgan fingerprint density at radius 3 is 2.50 bits per heavy atom. The van der Waals surface area contributed by atoms with Gasteiger partial charge in [-0.2, -0.15) is 0 Å². The van der Waals surface area contributed by atoms with Gasteiger partial charge in [0.15, 0.2) is 0 Å². The second kappa shape index (κ2) is 5.81. The van der Waals surface area contributed by atoms with Crippen LogP contribution < -0.4 is 5.32 Å². The van der Waals surface area contributed by atoms with Crippen molar-refractivity contribution in [2.75, 3.05) is 26.2 Å². The molecule has 0 bridgehead atoms. The summed E-state index contributed by atoms with van der Waals surface area (Å²) in [7, 11) is 0. The van der Waals surface area contributed by atoms with E-state index in [0.717, 1.165) is 6.04 Å². The minimum atomic E-state index is 0.684. The van der Waals surface area contributed by atoms with Crippen molar-refractivity contribution in [1.29, 1.82) is 0 Å². The van der Waals surface area contributed by atoms with Crippen LogP contribution >= 0.6 is 0 Å². The van der Waals surface area contributed by atoms with E-state index in [1.165, 1.54) is 57.6 Å². The summed E-state index contributed by atoms with van der Waals surface area (Å²) in [5.74, 6) is 0.684. The Bertz CT molecular complexity index is 351. The van der Waals surface area contributed by atoms with E-state index in [1.54, 1.807) is 0 Å². The molecule has 18 heavy (non-hydrogen) atoms. The molecule has 1 aromatic rings. The Hall–Kier alpha value is -0.930. The summed E-state index contributed by atoms with van der Waals surface area (Å²) in [6, 6.07) is 7.14. The number of piperidine rings is 2. The van der Waals surface area contributed by atoms with Crippen LogP contribution in [0.4, 0.5) is 0 Å². The molecule has 2 saturated heterocycles. The number of rotatable bonds is 2. The second-order valence-electron chi connectivity index (χ2n) is 5.55. The topological polar surface area (TPSA) is 28.2 Å². The maximum absolute atomic E-state index is 4.51. The van der Waals surface area contributed by atoms with E-state index in [4.69, 9.17) is 0 Å². The molecule has 2 aliphatic heterocycles. The highest BCUT2D eigenvalue weighted by molar-refractivity contribution is 5.10. The molecule has 0 radical (unpaired) electrons. The highest BCUT2D eigenvalue weighted by atomic mass is 15.2. The zero-order valence-electron chi connectivity index (χ0n) is 11.0. The van der Waals surface area contributed by atoms with Gasteiger partial charge in [0.2, 0.25) is 0 Å². The molecule has 0 aromatic carbocycles. The molecule has 3 heterocycles. The summed E-state index contributed by atoms with van der Waals surface area (Å²) in [6.07, 6.45) is 7.14. The third-order valence-corrected chi connectivity index (χ3v) is 4.46. The van der Waals surface area contributed by atoms with Crippen LogP contribution in [0.3, 0.4) is 0 Å². The number of likely N-dealkylation sites (tertiary alicyclic amines) is 1. The minimum Gasteiger partial charge on any atom is -0.317 e. The van der Waals surface area contributed by atoms with Gasteiger partial charge in [-0.1, -0.05) is 6.07 Å². The van der Waals surface area contributed by atoms with Crippen LogP contribution in [0, 0.1) is 0 Å². The van der Waals surface area contributed by atoms with Crippen molar-refractivity contribution in [3.63, 3.8) is 0 Å². The normalized spacial score (nSPS) is 24.2. The molecule has 98 valence electrons. The largest absolute Gasteiger partial charge is 0.317 e.